The predicted octanol–water partition coefficient (Wildman–Crippen LogP) is 0.620. The third kappa shape index (κ3) is 0.956. The van der Waals surface area contributed by atoms with E-state index < -0.39 is 0 Å². The first kappa shape index (κ1) is 6.62. The second-order valence-electron chi connectivity index (χ2n) is 3.83. The first-order chi connectivity index (χ1) is 4.81. The van der Waals surface area contributed by atoms with Crippen molar-refractivity contribution in [2.75, 3.05) is 6.54 Å². The summed E-state index contributed by atoms with van der Waals surface area (Å²) < 4.78 is 0. The molecule has 10 heavy (non-hydrogen) atoms. The van der Waals surface area contributed by atoms with Crippen molar-refractivity contribution in [3.8, 4) is 0 Å². The molecule has 0 aromatic rings. The van der Waals surface area contributed by atoms with Crippen molar-refractivity contribution in [3.63, 3.8) is 0 Å². The van der Waals surface area contributed by atoms with Crippen LogP contribution in [-0.2, 0) is 0 Å². The highest BCUT2D eigenvalue weighted by atomic mass is 15.0. The molecule has 58 valence electrons. The number of hydrogen-bond acceptors (Lipinski definition) is 2. The molecule has 2 nitrogen and oxygen atoms in total. The van der Waals surface area contributed by atoms with Crippen molar-refractivity contribution in [2.24, 2.45) is 5.73 Å². The second-order valence-corrected chi connectivity index (χ2v) is 3.83. The van der Waals surface area contributed by atoms with Gasteiger partial charge in [0.1, 0.15) is 0 Å². The van der Waals surface area contributed by atoms with E-state index in [-0.39, 0.29) is 0 Å². The summed E-state index contributed by atoms with van der Waals surface area (Å²) in [6.07, 6.45) is 6.74. The minimum Gasteiger partial charge on any atom is -0.326 e. The van der Waals surface area contributed by atoms with Crippen molar-refractivity contribution < 1.29 is 0 Å². The molecule has 2 heteroatoms. The average molecular weight is 140 g/mol. The zero-order valence-corrected chi connectivity index (χ0v) is 6.40. The quantitative estimate of drug-likeness (QED) is 0.517. The molecule has 0 aromatic carbocycles. The molecule has 1 atom stereocenters. The van der Waals surface area contributed by atoms with Crippen molar-refractivity contribution in [1.29, 1.82) is 0 Å². The fraction of sp³-hybridized carbons (Fsp3) is 1.00. The number of nitrogens with two attached hydrogens (primary N) is 1. The predicted molar refractivity (Wildman–Crippen MR) is 41.8 cm³/mol. The van der Waals surface area contributed by atoms with Crippen molar-refractivity contribution >= 4 is 0 Å². The van der Waals surface area contributed by atoms with Gasteiger partial charge in [-0.25, -0.2) is 0 Å². The summed E-state index contributed by atoms with van der Waals surface area (Å²) >= 11 is 0. The van der Waals surface area contributed by atoms with E-state index in [4.69, 9.17) is 5.73 Å². The van der Waals surface area contributed by atoms with Gasteiger partial charge in [-0.1, -0.05) is 12.8 Å². The van der Waals surface area contributed by atoms with Crippen molar-refractivity contribution in [2.45, 2.75) is 43.7 Å². The van der Waals surface area contributed by atoms with Gasteiger partial charge in [-0.3, -0.25) is 0 Å². The summed E-state index contributed by atoms with van der Waals surface area (Å²) in [7, 11) is 0. The Labute approximate surface area is 62.2 Å². The third-order valence-corrected chi connectivity index (χ3v) is 2.95. The maximum Gasteiger partial charge on any atom is 0.0197 e. The molecular formula is C8H16N2. The highest BCUT2D eigenvalue weighted by molar-refractivity contribution is 5.00. The molecule has 1 aliphatic heterocycles. The van der Waals surface area contributed by atoms with Gasteiger partial charge >= 0.3 is 0 Å². The minimum atomic E-state index is 0.429. The van der Waals surface area contributed by atoms with Crippen LogP contribution in [0.3, 0.4) is 0 Å². The van der Waals surface area contributed by atoms with Gasteiger partial charge < -0.3 is 11.1 Å². The topological polar surface area (TPSA) is 38.0 Å². The van der Waals surface area contributed by atoms with E-state index >= 15 is 0 Å². The minimum absolute atomic E-state index is 0.429. The largest absolute Gasteiger partial charge is 0.326 e. The molecule has 1 saturated heterocycles. The summed E-state index contributed by atoms with van der Waals surface area (Å²) in [5, 5.41) is 3.56. The normalized spacial score (nSPS) is 37.5. The van der Waals surface area contributed by atoms with Crippen LogP contribution in [0.2, 0.25) is 0 Å². The van der Waals surface area contributed by atoms with Crippen molar-refractivity contribution in [1.82, 2.24) is 5.32 Å². The summed E-state index contributed by atoms with van der Waals surface area (Å²) in [5.74, 6) is 0. The van der Waals surface area contributed by atoms with E-state index in [9.17, 15) is 0 Å². The molecular weight excluding hydrogens is 124 g/mol. The van der Waals surface area contributed by atoms with Crippen LogP contribution in [0.5, 0.6) is 0 Å². The molecule has 0 bridgehead atoms. The van der Waals surface area contributed by atoms with Gasteiger partial charge in [-0.05, 0) is 19.3 Å². The van der Waals surface area contributed by atoms with Gasteiger partial charge in [-0.15, -0.1) is 0 Å². The van der Waals surface area contributed by atoms with Crippen LogP contribution in [0.15, 0.2) is 0 Å². The lowest BCUT2D eigenvalue weighted by Crippen LogP contribution is -2.35. The van der Waals surface area contributed by atoms with Crippen LogP contribution >= 0.6 is 0 Å². The Morgan fingerprint density at radius 3 is 2.50 bits per heavy atom. The van der Waals surface area contributed by atoms with E-state index in [1.54, 1.807) is 0 Å². The first-order valence-electron chi connectivity index (χ1n) is 4.31. The fourth-order valence-electron chi connectivity index (χ4n) is 2.43. The zero-order valence-electron chi connectivity index (χ0n) is 6.40. The molecule has 1 heterocycles. The Balaban J connectivity index is 2.03. The van der Waals surface area contributed by atoms with Crippen molar-refractivity contribution in [3.05, 3.63) is 0 Å². The Hall–Kier alpha value is -0.0800. The van der Waals surface area contributed by atoms with Crippen LogP contribution in [-0.4, -0.2) is 18.1 Å². The summed E-state index contributed by atoms with van der Waals surface area (Å²) in [5.41, 5.74) is 6.31. The molecule has 0 amide bonds. The molecule has 2 aliphatic rings. The van der Waals surface area contributed by atoms with Crippen LogP contribution in [0.1, 0.15) is 32.1 Å². The van der Waals surface area contributed by atoms with Crippen LogP contribution in [0, 0.1) is 0 Å². The lowest BCUT2D eigenvalue weighted by molar-refractivity contribution is 0.384. The SMILES string of the molecule is NC1CNC2(CCCC2)C1. The molecule has 3 N–H and O–H groups in total. The molecule has 1 saturated carbocycles. The van der Waals surface area contributed by atoms with E-state index in [0.29, 0.717) is 11.6 Å². The molecule has 1 unspecified atom stereocenters. The van der Waals surface area contributed by atoms with Crippen LogP contribution < -0.4 is 11.1 Å². The zero-order chi connectivity index (χ0) is 7.03. The second kappa shape index (κ2) is 2.21. The van der Waals surface area contributed by atoms with E-state index in [0.717, 1.165) is 6.54 Å². The molecule has 0 radical (unpaired) electrons. The standard InChI is InChI=1S/C8H16N2/c9-7-5-8(10-6-7)3-1-2-4-8/h7,10H,1-6,9H2. The maximum absolute atomic E-state index is 5.83. The van der Waals surface area contributed by atoms with Gasteiger partial charge in [0.25, 0.3) is 0 Å². The molecule has 1 aliphatic carbocycles. The fourth-order valence-corrected chi connectivity index (χ4v) is 2.43. The van der Waals surface area contributed by atoms with E-state index in [1.165, 1.54) is 32.1 Å². The molecule has 0 aromatic heterocycles. The Kier molecular flexibility index (Phi) is 1.46. The molecule has 1 spiro atoms. The van der Waals surface area contributed by atoms with Gasteiger partial charge in [-0.2, -0.15) is 0 Å². The summed E-state index contributed by atoms with van der Waals surface area (Å²) in [4.78, 5) is 0. The Bertz CT molecular complexity index is 127. The van der Waals surface area contributed by atoms with Gasteiger partial charge in [0, 0.05) is 18.1 Å². The van der Waals surface area contributed by atoms with Crippen LogP contribution in [0.4, 0.5) is 0 Å². The van der Waals surface area contributed by atoms with Gasteiger partial charge in [0.15, 0.2) is 0 Å². The van der Waals surface area contributed by atoms with E-state index in [2.05, 4.69) is 5.32 Å². The van der Waals surface area contributed by atoms with Gasteiger partial charge in [0.2, 0.25) is 0 Å². The first-order valence-corrected chi connectivity index (χ1v) is 4.31. The highest BCUT2D eigenvalue weighted by Crippen LogP contribution is 2.35. The third-order valence-electron chi connectivity index (χ3n) is 2.95. The Morgan fingerprint density at radius 2 is 2.00 bits per heavy atom. The smallest absolute Gasteiger partial charge is 0.0197 e. The van der Waals surface area contributed by atoms with Gasteiger partial charge in [0.05, 0.1) is 0 Å². The average Bonchev–Trinajstić information content (AvgIpc) is 2.46. The molecule has 2 rings (SSSR count). The summed E-state index contributed by atoms with van der Waals surface area (Å²) in [6.45, 7) is 1.04. The number of hydrogen-bond donors (Lipinski definition) is 2. The monoisotopic (exact) mass is 140 g/mol. The van der Waals surface area contributed by atoms with E-state index in [1.807, 2.05) is 0 Å². The maximum atomic E-state index is 5.83. The highest BCUT2D eigenvalue weighted by Gasteiger charge is 2.39. The number of nitrogens with one attached hydrogen (secondary N) is 1. The number of rotatable bonds is 0. The lowest BCUT2D eigenvalue weighted by atomic mass is 9.95. The van der Waals surface area contributed by atoms with Crippen LogP contribution in [0.25, 0.3) is 0 Å². The molecule has 2 fully saturated rings. The lowest BCUT2D eigenvalue weighted by Gasteiger charge is -2.22. The summed E-state index contributed by atoms with van der Waals surface area (Å²) in [6, 6.07) is 0.429. The Morgan fingerprint density at radius 1 is 1.30 bits per heavy atom.